The molecule has 0 aliphatic rings. The van der Waals surface area contributed by atoms with E-state index in [1.807, 2.05) is 25.1 Å². The van der Waals surface area contributed by atoms with Crippen LogP contribution < -0.4 is 0 Å². The van der Waals surface area contributed by atoms with Crippen LogP contribution in [0.1, 0.15) is 6.92 Å². The number of nitrogens with zero attached hydrogens (tertiary/aromatic N) is 3. The van der Waals surface area contributed by atoms with E-state index in [0.717, 1.165) is 0 Å². The van der Waals surface area contributed by atoms with Crippen molar-refractivity contribution in [2.24, 2.45) is 4.99 Å². The van der Waals surface area contributed by atoms with Crippen molar-refractivity contribution >= 4 is 6.21 Å². The average molecular weight is 175 g/mol. The van der Waals surface area contributed by atoms with E-state index in [1.165, 1.54) is 0 Å². The first kappa shape index (κ1) is 11.2. The SMILES string of the molecule is C=CC=N/C=C\C.c1ccnnc1. The second-order valence-electron chi connectivity index (χ2n) is 1.93. The molecule has 0 saturated carbocycles. The predicted molar refractivity (Wildman–Crippen MR) is 55.5 cm³/mol. The number of aliphatic imine (C=N–C) groups is 1. The van der Waals surface area contributed by atoms with Gasteiger partial charge in [0.2, 0.25) is 0 Å². The fourth-order valence-corrected chi connectivity index (χ4v) is 0.450. The van der Waals surface area contributed by atoms with Crippen molar-refractivity contribution in [3.63, 3.8) is 0 Å². The van der Waals surface area contributed by atoms with Crippen molar-refractivity contribution in [1.82, 2.24) is 10.2 Å². The molecule has 0 aliphatic heterocycles. The molecule has 0 saturated heterocycles. The molecule has 0 bridgehead atoms. The van der Waals surface area contributed by atoms with Crippen molar-refractivity contribution in [1.29, 1.82) is 0 Å². The predicted octanol–water partition coefficient (Wildman–Crippen LogP) is 2.25. The lowest BCUT2D eigenvalue weighted by atomic mass is 10.6. The number of rotatable bonds is 2. The first-order valence-electron chi connectivity index (χ1n) is 3.89. The Morgan fingerprint density at radius 2 is 1.85 bits per heavy atom. The Kier molecular flexibility index (Phi) is 8.84. The first-order valence-corrected chi connectivity index (χ1v) is 3.89. The summed E-state index contributed by atoms with van der Waals surface area (Å²) >= 11 is 0. The van der Waals surface area contributed by atoms with Gasteiger partial charge in [0.15, 0.2) is 0 Å². The maximum Gasteiger partial charge on any atom is 0.0496 e. The van der Waals surface area contributed by atoms with E-state index in [-0.39, 0.29) is 0 Å². The van der Waals surface area contributed by atoms with E-state index in [9.17, 15) is 0 Å². The summed E-state index contributed by atoms with van der Waals surface area (Å²) in [7, 11) is 0. The second-order valence-corrected chi connectivity index (χ2v) is 1.93. The third-order valence-corrected chi connectivity index (χ3v) is 0.910. The smallest absolute Gasteiger partial charge is 0.0496 e. The van der Waals surface area contributed by atoms with Crippen LogP contribution in [-0.4, -0.2) is 16.4 Å². The molecule has 1 rings (SSSR count). The van der Waals surface area contributed by atoms with Gasteiger partial charge in [0.25, 0.3) is 0 Å². The molecule has 3 nitrogen and oxygen atoms in total. The van der Waals surface area contributed by atoms with Gasteiger partial charge in [-0.3, -0.25) is 4.99 Å². The molecular formula is C10H13N3. The van der Waals surface area contributed by atoms with E-state index in [0.29, 0.717) is 0 Å². The van der Waals surface area contributed by atoms with E-state index in [4.69, 9.17) is 0 Å². The molecule has 68 valence electrons. The molecule has 0 radical (unpaired) electrons. The normalized spacial score (nSPS) is 9.62. The maximum absolute atomic E-state index is 3.78. The highest BCUT2D eigenvalue weighted by Crippen LogP contribution is 1.69. The molecule has 0 aromatic carbocycles. The quantitative estimate of drug-likeness (QED) is 0.646. The zero-order chi connectivity index (χ0) is 9.78. The highest BCUT2D eigenvalue weighted by atomic mass is 15.1. The van der Waals surface area contributed by atoms with Gasteiger partial charge in [-0.2, -0.15) is 10.2 Å². The van der Waals surface area contributed by atoms with Crippen LogP contribution in [0.2, 0.25) is 0 Å². The van der Waals surface area contributed by atoms with Gasteiger partial charge in [-0.1, -0.05) is 18.7 Å². The highest BCUT2D eigenvalue weighted by Gasteiger charge is 1.59. The summed E-state index contributed by atoms with van der Waals surface area (Å²) in [5.41, 5.74) is 0. The van der Waals surface area contributed by atoms with Crippen LogP contribution in [0, 0.1) is 0 Å². The molecule has 0 aliphatic carbocycles. The summed E-state index contributed by atoms with van der Waals surface area (Å²) < 4.78 is 0. The minimum Gasteiger partial charge on any atom is -0.265 e. The fraction of sp³-hybridized carbons (Fsp3) is 0.100. The van der Waals surface area contributed by atoms with Gasteiger partial charge < -0.3 is 0 Å². The molecular weight excluding hydrogens is 162 g/mol. The van der Waals surface area contributed by atoms with Crippen LogP contribution in [0.4, 0.5) is 0 Å². The molecule has 3 heteroatoms. The Morgan fingerprint density at radius 3 is 2.15 bits per heavy atom. The zero-order valence-electron chi connectivity index (χ0n) is 7.67. The third kappa shape index (κ3) is 10.2. The van der Waals surface area contributed by atoms with E-state index in [2.05, 4.69) is 21.8 Å². The third-order valence-electron chi connectivity index (χ3n) is 0.910. The minimum absolute atomic E-state index is 1.64. The Bertz CT molecular complexity index is 225. The van der Waals surface area contributed by atoms with Crippen LogP contribution in [0.25, 0.3) is 0 Å². The van der Waals surface area contributed by atoms with E-state index < -0.39 is 0 Å². The van der Waals surface area contributed by atoms with Crippen LogP contribution in [-0.2, 0) is 0 Å². The van der Waals surface area contributed by atoms with Gasteiger partial charge in [0, 0.05) is 24.8 Å². The van der Waals surface area contributed by atoms with Crippen molar-refractivity contribution in [2.45, 2.75) is 6.92 Å². The monoisotopic (exact) mass is 175 g/mol. The Morgan fingerprint density at radius 1 is 1.23 bits per heavy atom. The number of aromatic nitrogens is 2. The van der Waals surface area contributed by atoms with Crippen molar-refractivity contribution in [3.05, 3.63) is 49.5 Å². The molecule has 1 heterocycles. The van der Waals surface area contributed by atoms with Gasteiger partial charge in [0.1, 0.15) is 0 Å². The molecule has 1 aromatic heterocycles. The lowest BCUT2D eigenvalue weighted by Crippen LogP contribution is -1.69. The summed E-state index contributed by atoms with van der Waals surface area (Å²) in [5.74, 6) is 0. The van der Waals surface area contributed by atoms with Crippen LogP contribution in [0.15, 0.2) is 54.4 Å². The Balaban J connectivity index is 0.000000223. The van der Waals surface area contributed by atoms with Gasteiger partial charge in [0.05, 0.1) is 0 Å². The standard InChI is InChI=1S/C6H9N.C4H4N2/c1-3-5-7-6-4-2;1-2-4-6-5-3-1/h3-6H,1H2,2H3;1-4H/b6-4-,7-5?;. The molecule has 1 aromatic rings. The topological polar surface area (TPSA) is 38.1 Å². The lowest BCUT2D eigenvalue weighted by Gasteiger charge is -1.69. The van der Waals surface area contributed by atoms with Crippen LogP contribution >= 0.6 is 0 Å². The van der Waals surface area contributed by atoms with Crippen molar-refractivity contribution in [3.8, 4) is 0 Å². The molecule has 13 heavy (non-hydrogen) atoms. The largest absolute Gasteiger partial charge is 0.265 e. The Hall–Kier alpha value is -1.77. The maximum atomic E-state index is 3.78. The fourth-order valence-electron chi connectivity index (χ4n) is 0.450. The van der Waals surface area contributed by atoms with Gasteiger partial charge in [-0.05, 0) is 19.1 Å². The molecule has 0 spiro atoms. The van der Waals surface area contributed by atoms with Crippen molar-refractivity contribution in [2.75, 3.05) is 0 Å². The number of hydrogen-bond donors (Lipinski definition) is 0. The van der Waals surface area contributed by atoms with E-state index in [1.54, 1.807) is 30.9 Å². The molecule has 0 N–H and O–H groups in total. The summed E-state index contributed by atoms with van der Waals surface area (Å²) in [5, 5.41) is 7.07. The van der Waals surface area contributed by atoms with Gasteiger partial charge >= 0.3 is 0 Å². The number of hydrogen-bond acceptors (Lipinski definition) is 3. The van der Waals surface area contributed by atoms with Gasteiger partial charge in [-0.25, -0.2) is 0 Å². The first-order chi connectivity index (χ1) is 6.41. The van der Waals surface area contributed by atoms with E-state index >= 15 is 0 Å². The molecule has 0 fully saturated rings. The second kappa shape index (κ2) is 10.2. The minimum atomic E-state index is 1.64. The van der Waals surface area contributed by atoms with Crippen molar-refractivity contribution < 1.29 is 0 Å². The van der Waals surface area contributed by atoms with Crippen LogP contribution in [0.5, 0.6) is 0 Å². The molecule has 0 amide bonds. The zero-order valence-corrected chi connectivity index (χ0v) is 7.67. The summed E-state index contributed by atoms with van der Waals surface area (Å²) in [6.07, 6.45) is 10.1. The molecule has 0 atom stereocenters. The lowest BCUT2D eigenvalue weighted by molar-refractivity contribution is 1.03. The molecule has 0 unspecified atom stereocenters. The summed E-state index contributed by atoms with van der Waals surface area (Å²) in [6.45, 7) is 5.37. The average Bonchev–Trinajstić information content (AvgIpc) is 2.22. The summed E-state index contributed by atoms with van der Waals surface area (Å²) in [6, 6.07) is 3.65. The Labute approximate surface area is 78.6 Å². The van der Waals surface area contributed by atoms with Gasteiger partial charge in [-0.15, -0.1) is 0 Å². The highest BCUT2D eigenvalue weighted by molar-refractivity contribution is 5.70. The summed E-state index contributed by atoms with van der Waals surface area (Å²) in [4.78, 5) is 3.78. The van der Waals surface area contributed by atoms with Crippen LogP contribution in [0.3, 0.4) is 0 Å². The number of allylic oxidation sites excluding steroid dienone is 2.